The van der Waals surface area contributed by atoms with Crippen molar-refractivity contribution in [2.45, 2.75) is 38.1 Å². The van der Waals surface area contributed by atoms with Crippen molar-refractivity contribution in [3.63, 3.8) is 0 Å². The number of fused-ring (bicyclic) bond motifs is 1. The molecule has 1 saturated heterocycles. The maximum Gasteiger partial charge on any atom is 0.146 e. The number of likely N-dealkylation sites (N-methyl/N-ethyl adjacent to an activating group) is 1. The number of pyridine rings is 1. The van der Waals surface area contributed by atoms with Crippen molar-refractivity contribution in [2.24, 2.45) is 0 Å². The fraction of sp³-hybridized carbons (Fsp3) is 0.600. The Hall–Kier alpha value is -1.60. The van der Waals surface area contributed by atoms with Crippen LogP contribution in [0.3, 0.4) is 0 Å². The van der Waals surface area contributed by atoms with Gasteiger partial charge in [-0.05, 0) is 43.7 Å². The molecule has 100 valence electrons. The number of anilines is 1. The van der Waals surface area contributed by atoms with Crippen molar-refractivity contribution < 1.29 is 4.74 Å². The van der Waals surface area contributed by atoms with Crippen LogP contribution < -0.4 is 4.90 Å². The smallest absolute Gasteiger partial charge is 0.146 e. The van der Waals surface area contributed by atoms with E-state index in [2.05, 4.69) is 11.0 Å². The SMILES string of the molecule is CN(c1nc2c(cc1C#N)CCCC2)C1CCOC1. The summed E-state index contributed by atoms with van der Waals surface area (Å²) in [5.74, 6) is 0.832. The Balaban J connectivity index is 1.97. The first-order chi connectivity index (χ1) is 9.29. The molecule has 0 spiro atoms. The van der Waals surface area contributed by atoms with Crippen LogP contribution in [-0.4, -0.2) is 31.3 Å². The lowest BCUT2D eigenvalue weighted by molar-refractivity contribution is 0.193. The molecule has 0 saturated carbocycles. The van der Waals surface area contributed by atoms with E-state index in [9.17, 15) is 5.26 Å². The molecule has 1 atom stereocenters. The number of nitriles is 1. The largest absolute Gasteiger partial charge is 0.379 e. The van der Waals surface area contributed by atoms with Crippen LogP contribution in [0.5, 0.6) is 0 Å². The normalized spacial score (nSPS) is 21.8. The summed E-state index contributed by atoms with van der Waals surface area (Å²) < 4.78 is 5.43. The van der Waals surface area contributed by atoms with Gasteiger partial charge in [-0.15, -0.1) is 0 Å². The fourth-order valence-electron chi connectivity index (χ4n) is 2.97. The van der Waals surface area contributed by atoms with Gasteiger partial charge in [0.05, 0.1) is 18.2 Å². The highest BCUT2D eigenvalue weighted by molar-refractivity contribution is 5.56. The zero-order valence-corrected chi connectivity index (χ0v) is 11.4. The summed E-state index contributed by atoms with van der Waals surface area (Å²) in [6, 6.07) is 4.70. The van der Waals surface area contributed by atoms with Gasteiger partial charge in [-0.2, -0.15) is 5.26 Å². The van der Waals surface area contributed by atoms with E-state index >= 15 is 0 Å². The second-order valence-electron chi connectivity index (χ2n) is 5.41. The van der Waals surface area contributed by atoms with E-state index in [1.165, 1.54) is 24.1 Å². The molecule has 0 bridgehead atoms. The van der Waals surface area contributed by atoms with Gasteiger partial charge in [-0.25, -0.2) is 4.98 Å². The summed E-state index contributed by atoms with van der Waals surface area (Å²) in [4.78, 5) is 6.90. The van der Waals surface area contributed by atoms with E-state index < -0.39 is 0 Å². The number of nitrogens with zero attached hydrogens (tertiary/aromatic N) is 3. The van der Waals surface area contributed by atoms with Crippen LogP contribution in [0.4, 0.5) is 5.82 Å². The molecule has 4 nitrogen and oxygen atoms in total. The molecule has 0 aromatic carbocycles. The highest BCUT2D eigenvalue weighted by Gasteiger charge is 2.25. The van der Waals surface area contributed by atoms with Crippen molar-refractivity contribution in [2.75, 3.05) is 25.2 Å². The zero-order chi connectivity index (χ0) is 13.2. The quantitative estimate of drug-likeness (QED) is 0.813. The average molecular weight is 257 g/mol. The molecule has 0 amide bonds. The molecular formula is C15H19N3O. The molecule has 1 unspecified atom stereocenters. The Morgan fingerprint density at radius 3 is 3.00 bits per heavy atom. The van der Waals surface area contributed by atoms with E-state index in [1.807, 2.05) is 13.1 Å². The van der Waals surface area contributed by atoms with Crippen LogP contribution in [0.25, 0.3) is 0 Å². The molecule has 1 aliphatic heterocycles. The highest BCUT2D eigenvalue weighted by Crippen LogP contribution is 2.28. The van der Waals surface area contributed by atoms with Crippen LogP contribution in [0.15, 0.2) is 6.07 Å². The minimum atomic E-state index is 0.348. The second-order valence-corrected chi connectivity index (χ2v) is 5.41. The summed E-state index contributed by atoms with van der Waals surface area (Å²) in [6.07, 6.45) is 5.55. The van der Waals surface area contributed by atoms with Crippen molar-refractivity contribution in [3.05, 3.63) is 22.9 Å². The first-order valence-corrected chi connectivity index (χ1v) is 7.03. The monoisotopic (exact) mass is 257 g/mol. The molecule has 1 fully saturated rings. The molecule has 4 heteroatoms. The van der Waals surface area contributed by atoms with Gasteiger partial charge in [0.2, 0.25) is 0 Å². The molecule has 3 rings (SSSR count). The number of aryl methyl sites for hydroxylation is 2. The molecule has 0 radical (unpaired) electrons. The summed E-state index contributed by atoms with van der Waals surface area (Å²) in [5.41, 5.74) is 3.16. The minimum absolute atomic E-state index is 0.348. The lowest BCUT2D eigenvalue weighted by Crippen LogP contribution is -2.33. The highest BCUT2D eigenvalue weighted by atomic mass is 16.5. The maximum atomic E-state index is 9.36. The first-order valence-electron chi connectivity index (χ1n) is 7.03. The van der Waals surface area contributed by atoms with Crippen LogP contribution in [0.1, 0.15) is 36.1 Å². The topological polar surface area (TPSA) is 49.2 Å². The predicted molar refractivity (Wildman–Crippen MR) is 73.2 cm³/mol. The molecule has 2 heterocycles. The lowest BCUT2D eigenvalue weighted by Gasteiger charge is -2.27. The second kappa shape index (κ2) is 5.18. The van der Waals surface area contributed by atoms with Crippen LogP contribution in [0, 0.1) is 11.3 Å². The van der Waals surface area contributed by atoms with Gasteiger partial charge in [0.1, 0.15) is 11.9 Å². The summed E-state index contributed by atoms with van der Waals surface area (Å²) in [6.45, 7) is 1.54. The van der Waals surface area contributed by atoms with Gasteiger partial charge in [0.15, 0.2) is 0 Å². The third-order valence-corrected chi connectivity index (χ3v) is 4.19. The van der Waals surface area contributed by atoms with Crippen molar-refractivity contribution in [1.82, 2.24) is 4.98 Å². The van der Waals surface area contributed by atoms with Gasteiger partial charge < -0.3 is 9.64 Å². The Morgan fingerprint density at radius 1 is 1.42 bits per heavy atom. The average Bonchev–Trinajstić information content (AvgIpc) is 2.99. The van der Waals surface area contributed by atoms with Crippen LogP contribution >= 0.6 is 0 Å². The Labute approximate surface area is 114 Å². The summed E-state index contributed by atoms with van der Waals surface area (Å²) in [5, 5.41) is 9.36. The fourth-order valence-corrected chi connectivity index (χ4v) is 2.97. The number of aromatic nitrogens is 1. The molecule has 1 aromatic heterocycles. The Bertz CT molecular complexity index is 515. The molecule has 1 aliphatic carbocycles. The minimum Gasteiger partial charge on any atom is -0.379 e. The predicted octanol–water partition coefficient (Wildman–Crippen LogP) is 2.06. The third kappa shape index (κ3) is 2.31. The first kappa shape index (κ1) is 12.4. The van der Waals surface area contributed by atoms with E-state index in [0.717, 1.165) is 38.3 Å². The van der Waals surface area contributed by atoms with E-state index in [0.29, 0.717) is 11.6 Å². The number of ether oxygens (including phenoxy) is 1. The van der Waals surface area contributed by atoms with Gasteiger partial charge in [0, 0.05) is 19.3 Å². The number of hydrogen-bond acceptors (Lipinski definition) is 4. The zero-order valence-electron chi connectivity index (χ0n) is 11.4. The molecule has 0 N–H and O–H groups in total. The maximum absolute atomic E-state index is 9.36. The molecular weight excluding hydrogens is 238 g/mol. The van der Waals surface area contributed by atoms with Crippen LogP contribution in [0.2, 0.25) is 0 Å². The summed E-state index contributed by atoms with van der Waals surface area (Å²) in [7, 11) is 2.03. The van der Waals surface area contributed by atoms with Gasteiger partial charge >= 0.3 is 0 Å². The van der Waals surface area contributed by atoms with Crippen molar-refractivity contribution >= 4 is 5.82 Å². The van der Waals surface area contributed by atoms with E-state index in [-0.39, 0.29) is 0 Å². The molecule has 1 aromatic rings. The van der Waals surface area contributed by atoms with Crippen molar-refractivity contribution in [3.8, 4) is 6.07 Å². The van der Waals surface area contributed by atoms with Gasteiger partial charge in [-0.1, -0.05) is 0 Å². The van der Waals surface area contributed by atoms with Crippen LogP contribution in [-0.2, 0) is 17.6 Å². The molecule has 19 heavy (non-hydrogen) atoms. The van der Waals surface area contributed by atoms with E-state index in [1.54, 1.807) is 0 Å². The molecule has 2 aliphatic rings. The lowest BCUT2D eigenvalue weighted by atomic mass is 9.94. The van der Waals surface area contributed by atoms with E-state index in [4.69, 9.17) is 9.72 Å². The van der Waals surface area contributed by atoms with Crippen molar-refractivity contribution in [1.29, 1.82) is 5.26 Å². The number of rotatable bonds is 2. The van der Waals surface area contributed by atoms with Gasteiger partial charge in [-0.3, -0.25) is 0 Å². The Morgan fingerprint density at radius 2 is 2.26 bits per heavy atom. The Kier molecular flexibility index (Phi) is 3.39. The third-order valence-electron chi connectivity index (χ3n) is 4.19. The number of hydrogen-bond donors (Lipinski definition) is 0. The summed E-state index contributed by atoms with van der Waals surface area (Å²) >= 11 is 0. The van der Waals surface area contributed by atoms with Gasteiger partial charge in [0.25, 0.3) is 0 Å². The standard InChI is InChI=1S/C15H19N3O/c1-18(13-6-7-19-10-13)15-12(9-16)8-11-4-2-3-5-14(11)17-15/h8,13H,2-7,10H2,1H3.